The fourth-order valence-corrected chi connectivity index (χ4v) is 5.35. The predicted octanol–water partition coefficient (Wildman–Crippen LogP) is 3.93. The number of nitrogen functional groups attached to an aromatic ring is 1. The molecule has 1 aromatic rings. The number of hydrogen-bond acceptors (Lipinski definition) is 3. The van der Waals surface area contributed by atoms with Crippen LogP contribution in [0.1, 0.15) is 39.0 Å². The van der Waals surface area contributed by atoms with E-state index in [0.29, 0.717) is 15.2 Å². The van der Waals surface area contributed by atoms with Gasteiger partial charge in [0.2, 0.25) is 10.0 Å². The minimum atomic E-state index is -3.62. The number of anilines is 1. The van der Waals surface area contributed by atoms with Gasteiger partial charge in [-0.1, -0.05) is 24.9 Å². The van der Waals surface area contributed by atoms with E-state index in [-0.39, 0.29) is 10.9 Å². The fraction of sp³-hybridized carbons (Fsp3) is 0.571. The normalized spacial score (nSPS) is 23.2. The van der Waals surface area contributed by atoms with Crippen molar-refractivity contribution in [2.45, 2.75) is 50.0 Å². The van der Waals surface area contributed by atoms with Gasteiger partial charge in [0.1, 0.15) is 0 Å². The third-order valence-electron chi connectivity index (χ3n) is 4.07. The van der Waals surface area contributed by atoms with E-state index < -0.39 is 10.0 Å². The van der Waals surface area contributed by atoms with E-state index in [1.54, 1.807) is 0 Å². The van der Waals surface area contributed by atoms with Gasteiger partial charge < -0.3 is 5.73 Å². The Morgan fingerprint density at radius 1 is 1.33 bits per heavy atom. The highest BCUT2D eigenvalue weighted by Gasteiger charge is 2.27. The SMILES string of the molecule is CCC1CCC(NS(=O)(=O)c2cc(Cl)cc(N)c2Br)CC1. The lowest BCUT2D eigenvalue weighted by Crippen LogP contribution is -2.37. The summed E-state index contributed by atoms with van der Waals surface area (Å²) in [6.45, 7) is 2.18. The average molecular weight is 396 g/mol. The van der Waals surface area contributed by atoms with E-state index in [9.17, 15) is 8.42 Å². The molecule has 0 radical (unpaired) electrons. The Hall–Kier alpha value is -0.300. The Balaban J connectivity index is 2.16. The molecule has 0 amide bonds. The second kappa shape index (κ2) is 6.86. The summed E-state index contributed by atoms with van der Waals surface area (Å²) in [7, 11) is -3.62. The van der Waals surface area contributed by atoms with Crippen LogP contribution < -0.4 is 10.5 Å². The van der Waals surface area contributed by atoms with Gasteiger partial charge in [0.05, 0.1) is 9.37 Å². The molecule has 0 aromatic heterocycles. The zero-order chi connectivity index (χ0) is 15.6. The minimum absolute atomic E-state index is 0.00935. The lowest BCUT2D eigenvalue weighted by molar-refractivity contribution is 0.306. The summed E-state index contributed by atoms with van der Waals surface area (Å²) in [6.07, 6.45) is 5.07. The van der Waals surface area contributed by atoms with Gasteiger partial charge in [-0.25, -0.2) is 13.1 Å². The van der Waals surface area contributed by atoms with Crippen molar-refractivity contribution < 1.29 is 8.42 Å². The maximum atomic E-state index is 12.5. The molecular formula is C14H20BrClN2O2S. The maximum absolute atomic E-state index is 12.5. The zero-order valence-corrected chi connectivity index (χ0v) is 15.1. The Morgan fingerprint density at radius 3 is 2.52 bits per heavy atom. The fourth-order valence-electron chi connectivity index (χ4n) is 2.75. The second-order valence-corrected chi connectivity index (χ2v) is 8.47. The summed E-state index contributed by atoms with van der Waals surface area (Å²) in [6, 6.07) is 2.93. The number of halogens is 2. The van der Waals surface area contributed by atoms with Crippen molar-refractivity contribution >= 4 is 43.2 Å². The molecule has 3 N–H and O–H groups in total. The molecule has 2 rings (SSSR count). The van der Waals surface area contributed by atoms with E-state index in [2.05, 4.69) is 27.6 Å². The quantitative estimate of drug-likeness (QED) is 0.759. The molecule has 0 spiro atoms. The minimum Gasteiger partial charge on any atom is -0.398 e. The van der Waals surface area contributed by atoms with Gasteiger partial charge in [0.15, 0.2) is 0 Å². The molecule has 1 aromatic carbocycles. The Morgan fingerprint density at radius 2 is 1.95 bits per heavy atom. The monoisotopic (exact) mass is 394 g/mol. The summed E-state index contributed by atoms with van der Waals surface area (Å²) < 4.78 is 28.2. The van der Waals surface area contributed by atoms with Crippen molar-refractivity contribution in [3.05, 3.63) is 21.6 Å². The van der Waals surface area contributed by atoms with Crippen LogP contribution in [-0.2, 0) is 10.0 Å². The van der Waals surface area contributed by atoms with Crippen molar-refractivity contribution in [3.63, 3.8) is 0 Å². The largest absolute Gasteiger partial charge is 0.398 e. The summed E-state index contributed by atoms with van der Waals surface area (Å²) >= 11 is 9.15. The van der Waals surface area contributed by atoms with Crippen molar-refractivity contribution in [1.82, 2.24) is 4.72 Å². The van der Waals surface area contributed by atoms with Crippen LogP contribution >= 0.6 is 27.5 Å². The highest BCUT2D eigenvalue weighted by atomic mass is 79.9. The van der Waals surface area contributed by atoms with Crippen LogP contribution in [0.4, 0.5) is 5.69 Å². The molecule has 0 atom stereocenters. The molecular weight excluding hydrogens is 376 g/mol. The Bertz CT molecular complexity index is 614. The molecule has 0 bridgehead atoms. The molecule has 4 nitrogen and oxygen atoms in total. The first-order chi connectivity index (χ1) is 9.83. The molecule has 7 heteroatoms. The summed E-state index contributed by atoms with van der Waals surface area (Å²) in [5.74, 6) is 0.722. The van der Waals surface area contributed by atoms with Crippen molar-refractivity contribution in [3.8, 4) is 0 Å². The number of benzene rings is 1. The highest BCUT2D eigenvalue weighted by Crippen LogP contribution is 2.33. The average Bonchev–Trinajstić information content (AvgIpc) is 2.43. The van der Waals surface area contributed by atoms with Crippen molar-refractivity contribution in [2.75, 3.05) is 5.73 Å². The predicted molar refractivity (Wildman–Crippen MR) is 89.9 cm³/mol. The molecule has 0 saturated heterocycles. The highest BCUT2D eigenvalue weighted by molar-refractivity contribution is 9.10. The molecule has 0 heterocycles. The lowest BCUT2D eigenvalue weighted by atomic mass is 9.85. The van der Waals surface area contributed by atoms with Crippen LogP contribution in [-0.4, -0.2) is 14.5 Å². The van der Waals surface area contributed by atoms with Gasteiger partial charge in [-0.05, 0) is 59.7 Å². The number of rotatable bonds is 4. The molecule has 1 saturated carbocycles. The first-order valence-corrected chi connectivity index (χ1v) is 9.75. The Kier molecular flexibility index (Phi) is 5.57. The summed E-state index contributed by atoms with van der Waals surface area (Å²) in [4.78, 5) is 0.102. The number of sulfonamides is 1. The van der Waals surface area contributed by atoms with Crippen LogP contribution in [0.3, 0.4) is 0 Å². The van der Waals surface area contributed by atoms with Crippen LogP contribution in [0.25, 0.3) is 0 Å². The third-order valence-corrected chi connectivity index (χ3v) is 6.98. The zero-order valence-electron chi connectivity index (χ0n) is 11.9. The van der Waals surface area contributed by atoms with Gasteiger partial charge in [0.25, 0.3) is 0 Å². The third kappa shape index (κ3) is 4.12. The van der Waals surface area contributed by atoms with Gasteiger partial charge in [-0.2, -0.15) is 0 Å². The van der Waals surface area contributed by atoms with Gasteiger partial charge in [-0.3, -0.25) is 0 Å². The van der Waals surface area contributed by atoms with E-state index in [4.69, 9.17) is 17.3 Å². The smallest absolute Gasteiger partial charge is 0.242 e. The number of nitrogens with two attached hydrogens (primary N) is 1. The summed E-state index contributed by atoms with van der Waals surface area (Å²) in [5, 5.41) is 0.311. The standard InChI is InChI=1S/C14H20BrClN2O2S/c1-2-9-3-5-11(6-4-9)18-21(19,20)13-8-10(16)7-12(17)14(13)15/h7-9,11,18H,2-6,17H2,1H3. The van der Waals surface area contributed by atoms with Crippen molar-refractivity contribution in [1.29, 1.82) is 0 Å². The molecule has 1 fully saturated rings. The molecule has 0 aliphatic heterocycles. The van der Waals surface area contributed by atoms with Crippen LogP contribution in [0.5, 0.6) is 0 Å². The van der Waals surface area contributed by atoms with Crippen molar-refractivity contribution in [2.24, 2.45) is 5.92 Å². The van der Waals surface area contributed by atoms with Gasteiger partial charge in [0, 0.05) is 16.8 Å². The summed E-state index contributed by atoms with van der Waals surface area (Å²) in [5.41, 5.74) is 6.08. The van der Waals surface area contributed by atoms with Crippen LogP contribution in [0.2, 0.25) is 5.02 Å². The van der Waals surface area contributed by atoms with E-state index in [1.165, 1.54) is 12.1 Å². The molecule has 118 valence electrons. The first kappa shape index (κ1) is 17.1. The Labute approximate surface area is 139 Å². The van der Waals surface area contributed by atoms with Crippen LogP contribution in [0, 0.1) is 5.92 Å². The number of nitrogens with one attached hydrogen (secondary N) is 1. The van der Waals surface area contributed by atoms with E-state index in [0.717, 1.165) is 38.0 Å². The second-order valence-electron chi connectivity index (χ2n) is 5.55. The number of hydrogen-bond donors (Lipinski definition) is 2. The first-order valence-electron chi connectivity index (χ1n) is 7.10. The van der Waals surface area contributed by atoms with Gasteiger partial charge in [-0.15, -0.1) is 0 Å². The van der Waals surface area contributed by atoms with E-state index in [1.807, 2.05) is 0 Å². The molecule has 0 unspecified atom stereocenters. The topological polar surface area (TPSA) is 72.2 Å². The van der Waals surface area contributed by atoms with E-state index >= 15 is 0 Å². The molecule has 1 aliphatic carbocycles. The van der Waals surface area contributed by atoms with Crippen LogP contribution in [0.15, 0.2) is 21.5 Å². The lowest BCUT2D eigenvalue weighted by Gasteiger charge is -2.28. The maximum Gasteiger partial charge on any atom is 0.242 e. The molecule has 21 heavy (non-hydrogen) atoms. The molecule has 1 aliphatic rings. The van der Waals surface area contributed by atoms with Gasteiger partial charge >= 0.3 is 0 Å².